The summed E-state index contributed by atoms with van der Waals surface area (Å²) in [5.41, 5.74) is 0.926. The van der Waals surface area contributed by atoms with Crippen LogP contribution in [0.1, 0.15) is 18.5 Å². The lowest BCUT2D eigenvalue weighted by Gasteiger charge is -2.30. The van der Waals surface area contributed by atoms with Gasteiger partial charge in [-0.1, -0.05) is 6.07 Å². The number of hydrogen-bond acceptors (Lipinski definition) is 5. The molecule has 0 aromatic carbocycles. The third-order valence-electron chi connectivity index (χ3n) is 3.49. The number of piperidine rings is 1. The van der Waals surface area contributed by atoms with E-state index in [0.717, 1.165) is 18.5 Å². The van der Waals surface area contributed by atoms with Gasteiger partial charge in [-0.05, 0) is 18.9 Å². The van der Waals surface area contributed by atoms with E-state index in [9.17, 15) is 8.42 Å². The van der Waals surface area contributed by atoms with Gasteiger partial charge in [-0.15, -0.1) is 0 Å². The van der Waals surface area contributed by atoms with Crippen molar-refractivity contribution >= 4 is 10.0 Å². The van der Waals surface area contributed by atoms with Gasteiger partial charge in [-0.25, -0.2) is 17.7 Å². The van der Waals surface area contributed by atoms with Gasteiger partial charge < -0.3 is 10.1 Å². The Kier molecular flexibility index (Phi) is 4.95. The molecule has 0 spiro atoms. The van der Waals surface area contributed by atoms with Crippen LogP contribution in [0.2, 0.25) is 0 Å². The van der Waals surface area contributed by atoms with Gasteiger partial charge in [0.25, 0.3) is 0 Å². The van der Waals surface area contributed by atoms with Gasteiger partial charge in [0.15, 0.2) is 0 Å². The summed E-state index contributed by atoms with van der Waals surface area (Å²) in [6, 6.07) is 6.01. The first-order valence-corrected chi connectivity index (χ1v) is 8.52. The number of nitrogens with one attached hydrogen (secondary N) is 1. The Labute approximate surface area is 120 Å². The van der Waals surface area contributed by atoms with Crippen molar-refractivity contribution in [2.75, 3.05) is 26.5 Å². The van der Waals surface area contributed by atoms with Crippen LogP contribution in [0.15, 0.2) is 18.2 Å². The minimum Gasteiger partial charge on any atom is -0.481 e. The van der Waals surface area contributed by atoms with Gasteiger partial charge in [0, 0.05) is 31.7 Å². The second-order valence-corrected chi connectivity index (χ2v) is 6.97. The van der Waals surface area contributed by atoms with Crippen LogP contribution in [-0.4, -0.2) is 50.2 Å². The first-order chi connectivity index (χ1) is 9.49. The van der Waals surface area contributed by atoms with E-state index in [1.54, 1.807) is 7.11 Å². The van der Waals surface area contributed by atoms with Crippen LogP contribution in [-0.2, 0) is 16.6 Å². The number of methoxy groups -OCH3 is 1. The average Bonchev–Trinajstić information content (AvgIpc) is 2.45. The molecule has 1 aromatic heterocycles. The monoisotopic (exact) mass is 299 g/mol. The maximum atomic E-state index is 11.4. The zero-order valence-electron chi connectivity index (χ0n) is 11.9. The van der Waals surface area contributed by atoms with Crippen molar-refractivity contribution in [2.45, 2.75) is 25.4 Å². The summed E-state index contributed by atoms with van der Waals surface area (Å²) in [6.45, 7) is 1.84. The van der Waals surface area contributed by atoms with E-state index < -0.39 is 10.0 Å². The van der Waals surface area contributed by atoms with E-state index in [1.807, 2.05) is 18.2 Å². The highest BCUT2D eigenvalue weighted by Gasteiger charge is 2.24. The fourth-order valence-electron chi connectivity index (χ4n) is 2.31. The SMILES string of the molecule is COc1cccc(CNC2CCN(S(C)(=O)=O)CC2)n1. The van der Waals surface area contributed by atoms with E-state index in [0.29, 0.717) is 31.6 Å². The summed E-state index contributed by atoms with van der Waals surface area (Å²) in [4.78, 5) is 4.34. The fourth-order valence-corrected chi connectivity index (χ4v) is 3.18. The Morgan fingerprint density at radius 1 is 1.40 bits per heavy atom. The first-order valence-electron chi connectivity index (χ1n) is 6.67. The summed E-state index contributed by atoms with van der Waals surface area (Å²) < 4.78 is 29.5. The van der Waals surface area contributed by atoms with Crippen LogP contribution in [0.25, 0.3) is 0 Å². The third kappa shape index (κ3) is 4.16. The van der Waals surface area contributed by atoms with Crippen molar-refractivity contribution in [3.05, 3.63) is 23.9 Å². The lowest BCUT2D eigenvalue weighted by Crippen LogP contribution is -2.44. The third-order valence-corrected chi connectivity index (χ3v) is 4.79. The van der Waals surface area contributed by atoms with Gasteiger partial charge in [0.1, 0.15) is 0 Å². The van der Waals surface area contributed by atoms with E-state index in [1.165, 1.54) is 10.6 Å². The Bertz CT molecular complexity index is 540. The molecule has 0 amide bonds. The molecular formula is C13H21N3O3S. The summed E-state index contributed by atoms with van der Waals surface area (Å²) in [6.07, 6.45) is 2.93. The molecule has 2 heterocycles. The summed E-state index contributed by atoms with van der Waals surface area (Å²) in [5, 5.41) is 3.42. The lowest BCUT2D eigenvalue weighted by atomic mass is 10.1. The predicted octanol–water partition coefficient (Wildman–Crippen LogP) is 0.604. The molecule has 112 valence electrons. The van der Waals surface area contributed by atoms with Gasteiger partial charge in [0.2, 0.25) is 15.9 Å². The van der Waals surface area contributed by atoms with Crippen LogP contribution in [0, 0.1) is 0 Å². The number of hydrogen-bond donors (Lipinski definition) is 1. The molecular weight excluding hydrogens is 278 g/mol. The van der Waals surface area contributed by atoms with E-state index >= 15 is 0 Å². The average molecular weight is 299 g/mol. The standard InChI is InChI=1S/C13H21N3O3S/c1-19-13-5-3-4-12(15-13)10-14-11-6-8-16(9-7-11)20(2,17)18/h3-5,11,14H,6-10H2,1-2H3. The number of aromatic nitrogens is 1. The van der Waals surface area contributed by atoms with Crippen molar-refractivity contribution in [1.29, 1.82) is 0 Å². The smallest absolute Gasteiger partial charge is 0.213 e. The normalized spacial score (nSPS) is 18.1. The zero-order chi connectivity index (χ0) is 14.6. The molecule has 1 N–H and O–H groups in total. The minimum absolute atomic E-state index is 0.334. The summed E-state index contributed by atoms with van der Waals surface area (Å²) in [5.74, 6) is 0.608. The van der Waals surface area contributed by atoms with E-state index in [4.69, 9.17) is 4.74 Å². The molecule has 0 atom stereocenters. The van der Waals surface area contributed by atoms with Crippen molar-refractivity contribution in [3.63, 3.8) is 0 Å². The summed E-state index contributed by atoms with van der Waals surface area (Å²) >= 11 is 0. The molecule has 0 bridgehead atoms. The van der Waals surface area contributed by atoms with Crippen LogP contribution in [0.3, 0.4) is 0 Å². The zero-order valence-corrected chi connectivity index (χ0v) is 12.7. The highest BCUT2D eigenvalue weighted by molar-refractivity contribution is 7.88. The second-order valence-electron chi connectivity index (χ2n) is 4.99. The highest BCUT2D eigenvalue weighted by Crippen LogP contribution is 2.14. The molecule has 1 aliphatic heterocycles. The maximum Gasteiger partial charge on any atom is 0.213 e. The van der Waals surface area contributed by atoms with Gasteiger partial charge in [-0.3, -0.25) is 0 Å². The molecule has 0 radical (unpaired) electrons. The van der Waals surface area contributed by atoms with Crippen LogP contribution < -0.4 is 10.1 Å². The summed E-state index contributed by atoms with van der Waals surface area (Å²) in [7, 11) is -1.45. The molecule has 1 fully saturated rings. The highest BCUT2D eigenvalue weighted by atomic mass is 32.2. The molecule has 0 unspecified atom stereocenters. The molecule has 6 nitrogen and oxygen atoms in total. The van der Waals surface area contributed by atoms with Crippen molar-refractivity contribution < 1.29 is 13.2 Å². The Morgan fingerprint density at radius 3 is 2.70 bits per heavy atom. The Balaban J connectivity index is 1.81. The minimum atomic E-state index is -3.05. The van der Waals surface area contributed by atoms with Gasteiger partial charge in [-0.2, -0.15) is 0 Å². The Hall–Kier alpha value is -1.18. The molecule has 1 aliphatic rings. The molecule has 1 saturated heterocycles. The number of nitrogens with zero attached hydrogens (tertiary/aromatic N) is 2. The maximum absolute atomic E-state index is 11.4. The lowest BCUT2D eigenvalue weighted by molar-refractivity contribution is 0.289. The molecule has 2 rings (SSSR count). The largest absolute Gasteiger partial charge is 0.481 e. The van der Waals surface area contributed by atoms with Crippen molar-refractivity contribution in [1.82, 2.24) is 14.6 Å². The fraction of sp³-hybridized carbons (Fsp3) is 0.615. The quantitative estimate of drug-likeness (QED) is 0.862. The number of ether oxygens (including phenoxy) is 1. The molecule has 20 heavy (non-hydrogen) atoms. The topological polar surface area (TPSA) is 71.5 Å². The molecule has 0 saturated carbocycles. The van der Waals surface area contributed by atoms with Crippen molar-refractivity contribution in [3.8, 4) is 5.88 Å². The predicted molar refractivity (Wildman–Crippen MR) is 77.1 cm³/mol. The Morgan fingerprint density at radius 2 is 2.10 bits per heavy atom. The second kappa shape index (κ2) is 6.51. The van der Waals surface area contributed by atoms with Crippen molar-refractivity contribution in [2.24, 2.45) is 0 Å². The van der Waals surface area contributed by atoms with Crippen LogP contribution >= 0.6 is 0 Å². The first kappa shape index (κ1) is 15.2. The number of pyridine rings is 1. The number of sulfonamides is 1. The van der Waals surface area contributed by atoms with Gasteiger partial charge in [0.05, 0.1) is 19.1 Å². The van der Waals surface area contributed by atoms with Crippen LogP contribution in [0.4, 0.5) is 0 Å². The van der Waals surface area contributed by atoms with E-state index in [2.05, 4.69) is 10.3 Å². The van der Waals surface area contributed by atoms with Crippen LogP contribution in [0.5, 0.6) is 5.88 Å². The van der Waals surface area contributed by atoms with E-state index in [-0.39, 0.29) is 0 Å². The van der Waals surface area contributed by atoms with Gasteiger partial charge >= 0.3 is 0 Å². The molecule has 1 aromatic rings. The molecule has 0 aliphatic carbocycles. The molecule has 7 heteroatoms. The number of rotatable bonds is 5.